The SMILES string of the molecule is Oc1ccccc1-c1cn[nH]c1C1CCCNC1. The van der Waals surface area contributed by atoms with Crippen molar-refractivity contribution in [2.75, 3.05) is 13.1 Å². The van der Waals surface area contributed by atoms with Crippen LogP contribution in [0.3, 0.4) is 0 Å². The summed E-state index contributed by atoms with van der Waals surface area (Å²) in [6, 6.07) is 7.41. The van der Waals surface area contributed by atoms with Crippen LogP contribution in [0.25, 0.3) is 11.1 Å². The van der Waals surface area contributed by atoms with E-state index in [0.29, 0.717) is 11.7 Å². The molecule has 3 rings (SSSR count). The summed E-state index contributed by atoms with van der Waals surface area (Å²) in [5.41, 5.74) is 3.00. The highest BCUT2D eigenvalue weighted by atomic mass is 16.3. The minimum atomic E-state index is 0.309. The van der Waals surface area contributed by atoms with Gasteiger partial charge < -0.3 is 10.4 Å². The van der Waals surface area contributed by atoms with Gasteiger partial charge in [-0.1, -0.05) is 18.2 Å². The summed E-state index contributed by atoms with van der Waals surface area (Å²) >= 11 is 0. The standard InChI is InChI=1S/C14H17N3O/c18-13-6-2-1-5-11(13)12-9-16-17-14(12)10-4-3-7-15-8-10/h1-2,5-6,9-10,15,18H,3-4,7-8H2,(H,16,17). The van der Waals surface area contributed by atoms with E-state index in [-0.39, 0.29) is 0 Å². The lowest BCUT2D eigenvalue weighted by Crippen LogP contribution is -2.28. The lowest BCUT2D eigenvalue weighted by Gasteiger charge is -2.22. The summed E-state index contributed by atoms with van der Waals surface area (Å²) in [6.45, 7) is 2.07. The molecule has 0 amide bonds. The zero-order chi connectivity index (χ0) is 12.4. The molecule has 4 heteroatoms. The average Bonchev–Trinajstić information content (AvgIpc) is 2.89. The molecular weight excluding hydrogens is 226 g/mol. The maximum absolute atomic E-state index is 9.95. The summed E-state index contributed by atoms with van der Waals surface area (Å²) in [5.74, 6) is 0.764. The van der Waals surface area contributed by atoms with Crippen LogP contribution in [0.15, 0.2) is 30.5 Å². The van der Waals surface area contributed by atoms with Gasteiger partial charge in [0.15, 0.2) is 0 Å². The van der Waals surface area contributed by atoms with Gasteiger partial charge in [-0.05, 0) is 25.5 Å². The van der Waals surface area contributed by atoms with Gasteiger partial charge >= 0.3 is 0 Å². The molecule has 1 fully saturated rings. The highest BCUT2D eigenvalue weighted by Crippen LogP contribution is 2.35. The van der Waals surface area contributed by atoms with E-state index >= 15 is 0 Å². The van der Waals surface area contributed by atoms with Crippen LogP contribution in [0.2, 0.25) is 0 Å². The number of aromatic nitrogens is 2. The third-order valence-electron chi connectivity index (χ3n) is 3.57. The van der Waals surface area contributed by atoms with Crippen LogP contribution in [0.4, 0.5) is 0 Å². The molecule has 1 saturated heterocycles. The van der Waals surface area contributed by atoms with Crippen molar-refractivity contribution in [2.24, 2.45) is 0 Å². The molecule has 2 heterocycles. The van der Waals surface area contributed by atoms with E-state index in [1.807, 2.05) is 18.2 Å². The first-order chi connectivity index (χ1) is 8.86. The summed E-state index contributed by atoms with van der Waals surface area (Å²) in [6.07, 6.45) is 4.15. The van der Waals surface area contributed by atoms with Gasteiger partial charge in [-0.15, -0.1) is 0 Å². The highest BCUT2D eigenvalue weighted by molar-refractivity contribution is 5.71. The van der Waals surface area contributed by atoms with Crippen molar-refractivity contribution in [3.8, 4) is 16.9 Å². The van der Waals surface area contributed by atoms with Crippen molar-refractivity contribution in [1.82, 2.24) is 15.5 Å². The third-order valence-corrected chi connectivity index (χ3v) is 3.57. The predicted octanol–water partition coefficient (Wildman–Crippen LogP) is 2.25. The molecule has 1 aromatic carbocycles. The van der Waals surface area contributed by atoms with E-state index in [1.54, 1.807) is 12.3 Å². The number of rotatable bonds is 2. The molecule has 0 spiro atoms. The summed E-state index contributed by atoms with van der Waals surface area (Å²) in [5, 5.41) is 20.6. The first-order valence-corrected chi connectivity index (χ1v) is 6.38. The number of nitrogens with one attached hydrogen (secondary N) is 2. The van der Waals surface area contributed by atoms with E-state index in [1.165, 1.54) is 6.42 Å². The zero-order valence-electron chi connectivity index (χ0n) is 10.2. The van der Waals surface area contributed by atoms with Gasteiger partial charge in [-0.25, -0.2) is 0 Å². The molecule has 94 valence electrons. The molecule has 1 atom stereocenters. The Hall–Kier alpha value is -1.81. The van der Waals surface area contributed by atoms with Crippen LogP contribution in [0.1, 0.15) is 24.5 Å². The smallest absolute Gasteiger partial charge is 0.123 e. The Bertz CT molecular complexity index is 529. The molecule has 0 saturated carbocycles. The normalized spacial score (nSPS) is 19.9. The molecular formula is C14H17N3O. The molecule has 4 nitrogen and oxygen atoms in total. The van der Waals surface area contributed by atoms with Crippen LogP contribution >= 0.6 is 0 Å². The second-order valence-electron chi connectivity index (χ2n) is 4.76. The van der Waals surface area contributed by atoms with E-state index in [4.69, 9.17) is 0 Å². The van der Waals surface area contributed by atoms with Gasteiger partial charge in [0.25, 0.3) is 0 Å². The van der Waals surface area contributed by atoms with Crippen LogP contribution in [0.5, 0.6) is 5.75 Å². The maximum atomic E-state index is 9.95. The largest absolute Gasteiger partial charge is 0.507 e. The van der Waals surface area contributed by atoms with Crippen molar-refractivity contribution >= 4 is 0 Å². The lowest BCUT2D eigenvalue weighted by atomic mass is 9.91. The van der Waals surface area contributed by atoms with Gasteiger partial charge in [0, 0.05) is 29.3 Å². The Morgan fingerprint density at radius 1 is 1.22 bits per heavy atom. The number of hydrogen-bond donors (Lipinski definition) is 3. The maximum Gasteiger partial charge on any atom is 0.123 e. The molecule has 0 radical (unpaired) electrons. The monoisotopic (exact) mass is 243 g/mol. The lowest BCUT2D eigenvalue weighted by molar-refractivity contribution is 0.454. The molecule has 2 aromatic rings. The van der Waals surface area contributed by atoms with Crippen LogP contribution in [-0.2, 0) is 0 Å². The van der Waals surface area contributed by atoms with Crippen molar-refractivity contribution in [3.05, 3.63) is 36.2 Å². The summed E-state index contributed by atoms with van der Waals surface area (Å²) < 4.78 is 0. The molecule has 3 N–H and O–H groups in total. The Morgan fingerprint density at radius 3 is 2.89 bits per heavy atom. The molecule has 1 aromatic heterocycles. The molecule has 1 aliphatic rings. The van der Waals surface area contributed by atoms with Crippen LogP contribution < -0.4 is 5.32 Å². The number of piperidine rings is 1. The van der Waals surface area contributed by atoms with Gasteiger partial charge in [0.1, 0.15) is 5.75 Å². The number of benzene rings is 1. The van der Waals surface area contributed by atoms with E-state index in [0.717, 1.165) is 36.3 Å². The van der Waals surface area contributed by atoms with Gasteiger partial charge in [-0.3, -0.25) is 5.10 Å². The zero-order valence-corrected chi connectivity index (χ0v) is 10.2. The van der Waals surface area contributed by atoms with Crippen LogP contribution in [0, 0.1) is 0 Å². The van der Waals surface area contributed by atoms with Crippen molar-refractivity contribution < 1.29 is 5.11 Å². The number of para-hydroxylation sites is 1. The number of nitrogens with zero attached hydrogens (tertiary/aromatic N) is 1. The number of H-pyrrole nitrogens is 1. The van der Waals surface area contributed by atoms with Crippen molar-refractivity contribution in [1.29, 1.82) is 0 Å². The van der Waals surface area contributed by atoms with Gasteiger partial charge in [0.05, 0.1) is 6.20 Å². The second kappa shape index (κ2) is 4.82. The third kappa shape index (κ3) is 1.99. The second-order valence-corrected chi connectivity index (χ2v) is 4.76. The van der Waals surface area contributed by atoms with Gasteiger partial charge in [-0.2, -0.15) is 5.10 Å². The van der Waals surface area contributed by atoms with Gasteiger partial charge in [0.2, 0.25) is 0 Å². The molecule has 1 unspecified atom stereocenters. The fraction of sp³-hybridized carbons (Fsp3) is 0.357. The van der Waals surface area contributed by atoms with Crippen LogP contribution in [-0.4, -0.2) is 28.4 Å². The van der Waals surface area contributed by atoms with E-state index < -0.39 is 0 Å². The quantitative estimate of drug-likeness (QED) is 0.758. The Morgan fingerprint density at radius 2 is 2.11 bits per heavy atom. The number of hydrogen-bond acceptors (Lipinski definition) is 3. The number of phenols is 1. The molecule has 0 aliphatic carbocycles. The molecule has 18 heavy (non-hydrogen) atoms. The fourth-order valence-electron chi connectivity index (χ4n) is 2.62. The number of phenolic OH excluding ortho intramolecular Hbond substituents is 1. The fourth-order valence-corrected chi connectivity index (χ4v) is 2.62. The number of aromatic hydroxyl groups is 1. The minimum Gasteiger partial charge on any atom is -0.507 e. The highest BCUT2D eigenvalue weighted by Gasteiger charge is 2.21. The van der Waals surface area contributed by atoms with E-state index in [2.05, 4.69) is 15.5 Å². The molecule has 1 aliphatic heterocycles. The van der Waals surface area contributed by atoms with Crippen molar-refractivity contribution in [3.63, 3.8) is 0 Å². The molecule has 0 bridgehead atoms. The first kappa shape index (κ1) is 11.3. The summed E-state index contributed by atoms with van der Waals surface area (Å²) in [7, 11) is 0. The number of aromatic amines is 1. The van der Waals surface area contributed by atoms with Crippen molar-refractivity contribution in [2.45, 2.75) is 18.8 Å². The first-order valence-electron chi connectivity index (χ1n) is 6.38. The predicted molar refractivity (Wildman–Crippen MR) is 70.5 cm³/mol. The Kier molecular flexibility index (Phi) is 3.02. The Labute approximate surface area is 106 Å². The van der Waals surface area contributed by atoms with E-state index in [9.17, 15) is 5.11 Å². The average molecular weight is 243 g/mol. The topological polar surface area (TPSA) is 60.9 Å². The minimum absolute atomic E-state index is 0.309. The Balaban J connectivity index is 1.98. The summed E-state index contributed by atoms with van der Waals surface area (Å²) in [4.78, 5) is 0.